The van der Waals surface area contributed by atoms with Gasteiger partial charge >= 0.3 is 0 Å². The number of benzene rings is 1. The lowest BCUT2D eigenvalue weighted by Crippen LogP contribution is -2.30. The summed E-state index contributed by atoms with van der Waals surface area (Å²) in [6.07, 6.45) is 0. The van der Waals surface area contributed by atoms with E-state index in [0.29, 0.717) is 0 Å². The van der Waals surface area contributed by atoms with Crippen molar-refractivity contribution in [3.63, 3.8) is 0 Å². The zero-order chi connectivity index (χ0) is 9.84. The molecule has 2 heteroatoms. The highest BCUT2D eigenvalue weighted by atomic mass is 28.3. The molecule has 0 bridgehead atoms. The summed E-state index contributed by atoms with van der Waals surface area (Å²) in [6, 6.07) is 6.70. The Hall–Kier alpha value is -0.603. The second-order valence-corrected chi connectivity index (χ2v) is 5.80. The molecule has 1 unspecified atom stereocenters. The second-order valence-electron chi connectivity index (χ2n) is 3.52. The molecule has 0 aliphatic heterocycles. The molecular formula is C11H18OSi. The molecule has 1 rings (SSSR count). The van der Waals surface area contributed by atoms with Crippen LogP contribution in [-0.4, -0.2) is 15.6 Å². The van der Waals surface area contributed by atoms with E-state index in [4.69, 9.17) is 4.43 Å². The van der Waals surface area contributed by atoms with Gasteiger partial charge in [-0.1, -0.05) is 29.3 Å². The molecule has 0 saturated heterocycles. The van der Waals surface area contributed by atoms with E-state index in [9.17, 15) is 0 Å². The van der Waals surface area contributed by atoms with Crippen LogP contribution in [0.25, 0.3) is 0 Å². The van der Waals surface area contributed by atoms with E-state index in [1.54, 1.807) is 0 Å². The summed E-state index contributed by atoms with van der Waals surface area (Å²) in [5, 5.41) is 1.42. The summed E-state index contributed by atoms with van der Waals surface area (Å²) in [4.78, 5) is 0. The van der Waals surface area contributed by atoms with Gasteiger partial charge in [0.1, 0.15) is 0 Å². The molecule has 1 aromatic rings. The van der Waals surface area contributed by atoms with Crippen molar-refractivity contribution in [3.05, 3.63) is 29.3 Å². The standard InChI is InChI=1S/C11H18OSi/c1-5-12-13(4)11-7-9(2)6-10(3)8-11/h6-8,13H,5H2,1-4H3. The Labute approximate surface area is 82.5 Å². The van der Waals surface area contributed by atoms with Crippen molar-refractivity contribution in [1.82, 2.24) is 0 Å². The molecule has 0 aromatic heterocycles. The number of rotatable bonds is 3. The van der Waals surface area contributed by atoms with Gasteiger partial charge in [-0.05, 0) is 32.5 Å². The predicted octanol–water partition coefficient (Wildman–Crippen LogP) is 1.90. The number of aryl methyl sites for hydroxylation is 2. The van der Waals surface area contributed by atoms with E-state index in [1.807, 2.05) is 0 Å². The molecule has 72 valence electrons. The fourth-order valence-corrected chi connectivity index (χ4v) is 3.28. The minimum absolute atomic E-state index is 0.834. The van der Waals surface area contributed by atoms with Crippen LogP contribution < -0.4 is 5.19 Å². The van der Waals surface area contributed by atoms with Crippen LogP contribution in [0.3, 0.4) is 0 Å². The van der Waals surface area contributed by atoms with Gasteiger partial charge in [-0.3, -0.25) is 0 Å². The molecule has 0 saturated carbocycles. The quantitative estimate of drug-likeness (QED) is 0.668. The molecule has 0 spiro atoms. The molecule has 0 heterocycles. The molecule has 1 atom stereocenters. The van der Waals surface area contributed by atoms with Crippen LogP contribution in [0, 0.1) is 13.8 Å². The third-order valence-corrected chi connectivity index (χ3v) is 4.24. The van der Waals surface area contributed by atoms with Gasteiger partial charge in [0.05, 0.1) is 0 Å². The first kappa shape index (κ1) is 10.5. The zero-order valence-electron chi connectivity index (χ0n) is 8.92. The monoisotopic (exact) mass is 194 g/mol. The maximum absolute atomic E-state index is 5.68. The van der Waals surface area contributed by atoms with Crippen molar-refractivity contribution in [2.75, 3.05) is 6.61 Å². The molecule has 1 nitrogen and oxygen atoms in total. The van der Waals surface area contributed by atoms with E-state index in [2.05, 4.69) is 45.5 Å². The van der Waals surface area contributed by atoms with E-state index in [1.165, 1.54) is 16.3 Å². The SMILES string of the molecule is CCO[SiH](C)c1cc(C)cc(C)c1. The Balaban J connectivity index is 2.87. The summed E-state index contributed by atoms with van der Waals surface area (Å²) in [5.74, 6) is 0. The van der Waals surface area contributed by atoms with Gasteiger partial charge in [-0.15, -0.1) is 0 Å². The lowest BCUT2D eigenvalue weighted by atomic mass is 10.2. The second kappa shape index (κ2) is 4.58. The highest BCUT2D eigenvalue weighted by molar-refractivity contribution is 6.66. The van der Waals surface area contributed by atoms with Crippen LogP contribution in [0.5, 0.6) is 0 Å². The zero-order valence-corrected chi connectivity index (χ0v) is 10.1. The van der Waals surface area contributed by atoms with Gasteiger partial charge in [-0.2, -0.15) is 0 Å². The average Bonchev–Trinajstić information content (AvgIpc) is 2.03. The first-order valence-corrected chi connectivity index (χ1v) is 7.03. The van der Waals surface area contributed by atoms with Crippen molar-refractivity contribution in [2.24, 2.45) is 0 Å². The molecule has 0 aliphatic rings. The van der Waals surface area contributed by atoms with Crippen molar-refractivity contribution < 1.29 is 4.43 Å². The minimum Gasteiger partial charge on any atom is -0.416 e. The van der Waals surface area contributed by atoms with E-state index in [-0.39, 0.29) is 0 Å². The van der Waals surface area contributed by atoms with E-state index >= 15 is 0 Å². The van der Waals surface area contributed by atoms with Gasteiger partial charge in [0.25, 0.3) is 0 Å². The topological polar surface area (TPSA) is 9.23 Å². The molecule has 13 heavy (non-hydrogen) atoms. The number of hydrogen-bond acceptors (Lipinski definition) is 1. The maximum atomic E-state index is 5.68. The van der Waals surface area contributed by atoms with E-state index < -0.39 is 9.04 Å². The Morgan fingerprint density at radius 2 is 1.69 bits per heavy atom. The lowest BCUT2D eigenvalue weighted by Gasteiger charge is -2.11. The molecule has 0 aliphatic carbocycles. The van der Waals surface area contributed by atoms with Gasteiger partial charge in [0, 0.05) is 6.61 Å². The van der Waals surface area contributed by atoms with Crippen LogP contribution in [0.15, 0.2) is 18.2 Å². The molecule has 1 aromatic carbocycles. The van der Waals surface area contributed by atoms with Crippen molar-refractivity contribution in [1.29, 1.82) is 0 Å². The number of hydrogen-bond donors (Lipinski definition) is 0. The minimum atomic E-state index is -1.12. The van der Waals surface area contributed by atoms with Crippen LogP contribution in [0.4, 0.5) is 0 Å². The van der Waals surface area contributed by atoms with Gasteiger partial charge in [0.2, 0.25) is 9.04 Å². The van der Waals surface area contributed by atoms with Gasteiger partial charge in [-0.25, -0.2) is 0 Å². The Kier molecular flexibility index (Phi) is 3.69. The summed E-state index contributed by atoms with van der Waals surface area (Å²) >= 11 is 0. The summed E-state index contributed by atoms with van der Waals surface area (Å²) in [5.41, 5.74) is 2.68. The summed E-state index contributed by atoms with van der Waals surface area (Å²) in [7, 11) is -1.12. The fourth-order valence-electron chi connectivity index (χ4n) is 1.59. The molecule has 0 N–H and O–H groups in total. The van der Waals surface area contributed by atoms with Crippen LogP contribution in [0.1, 0.15) is 18.1 Å². The average molecular weight is 194 g/mol. The molecular weight excluding hydrogens is 176 g/mol. The third-order valence-electron chi connectivity index (χ3n) is 2.13. The maximum Gasteiger partial charge on any atom is 0.205 e. The lowest BCUT2D eigenvalue weighted by molar-refractivity contribution is 0.354. The Morgan fingerprint density at radius 3 is 2.15 bits per heavy atom. The van der Waals surface area contributed by atoms with Crippen LogP contribution in [-0.2, 0) is 4.43 Å². The van der Waals surface area contributed by atoms with Crippen molar-refractivity contribution in [2.45, 2.75) is 27.3 Å². The Morgan fingerprint density at radius 1 is 1.15 bits per heavy atom. The Bertz CT molecular complexity index is 263. The largest absolute Gasteiger partial charge is 0.416 e. The summed E-state index contributed by atoms with van der Waals surface area (Å²) in [6.45, 7) is 9.41. The van der Waals surface area contributed by atoms with Gasteiger partial charge < -0.3 is 4.43 Å². The predicted molar refractivity (Wildman–Crippen MR) is 60.2 cm³/mol. The van der Waals surface area contributed by atoms with Gasteiger partial charge in [0.15, 0.2) is 0 Å². The van der Waals surface area contributed by atoms with E-state index in [0.717, 1.165) is 6.61 Å². The summed E-state index contributed by atoms with van der Waals surface area (Å²) < 4.78 is 5.68. The third kappa shape index (κ3) is 2.97. The van der Waals surface area contributed by atoms with Crippen molar-refractivity contribution in [3.8, 4) is 0 Å². The van der Waals surface area contributed by atoms with Crippen LogP contribution >= 0.6 is 0 Å². The fraction of sp³-hybridized carbons (Fsp3) is 0.455. The molecule has 0 radical (unpaired) electrons. The van der Waals surface area contributed by atoms with Crippen molar-refractivity contribution >= 4 is 14.2 Å². The highest BCUT2D eigenvalue weighted by Gasteiger charge is 2.07. The molecule has 0 amide bonds. The first-order chi connectivity index (χ1) is 6.13. The molecule has 0 fully saturated rings. The highest BCUT2D eigenvalue weighted by Crippen LogP contribution is 2.02. The normalized spacial score (nSPS) is 12.9. The van der Waals surface area contributed by atoms with Crippen LogP contribution in [0.2, 0.25) is 6.55 Å². The first-order valence-electron chi connectivity index (χ1n) is 4.83. The smallest absolute Gasteiger partial charge is 0.205 e.